The molecule has 1 aliphatic rings. The van der Waals surface area contributed by atoms with E-state index in [2.05, 4.69) is 9.72 Å². The molecule has 1 fully saturated rings. The number of carbonyl (C=O) groups excluding carboxylic acids is 1. The van der Waals surface area contributed by atoms with Crippen LogP contribution in [0.15, 0.2) is 42.6 Å². The second kappa shape index (κ2) is 7.50. The summed E-state index contributed by atoms with van der Waals surface area (Å²) < 4.78 is 40.8. The molecular weight excluding hydrogens is 371 g/mol. The van der Waals surface area contributed by atoms with Gasteiger partial charge in [0.05, 0.1) is 5.56 Å². The highest BCUT2D eigenvalue weighted by Gasteiger charge is 2.40. The van der Waals surface area contributed by atoms with E-state index in [0.29, 0.717) is 18.5 Å². The highest BCUT2D eigenvalue weighted by Crippen LogP contribution is 2.34. The number of amides is 1. The zero-order chi connectivity index (χ0) is 20.4. The monoisotopic (exact) mass is 389 g/mol. The number of nitrogens with zero attached hydrogens (tertiary/aromatic N) is 3. The van der Waals surface area contributed by atoms with Crippen LogP contribution < -0.4 is 4.74 Å². The number of nitriles is 1. The Bertz CT molecular complexity index is 889. The zero-order valence-corrected chi connectivity index (χ0v) is 15.2. The highest BCUT2D eigenvalue weighted by atomic mass is 19.4. The second-order valence-electron chi connectivity index (χ2n) is 6.97. The molecular formula is C20H18F3N3O2. The highest BCUT2D eigenvalue weighted by molar-refractivity contribution is 5.93. The second-order valence-corrected chi connectivity index (χ2v) is 6.97. The van der Waals surface area contributed by atoms with Crippen molar-refractivity contribution < 1.29 is 22.7 Å². The minimum Gasteiger partial charge on any atom is -0.406 e. The minimum absolute atomic E-state index is 0.221. The van der Waals surface area contributed by atoms with E-state index in [4.69, 9.17) is 5.26 Å². The number of carbonyl (C=O) groups is 1. The fourth-order valence-electron chi connectivity index (χ4n) is 3.53. The maximum atomic E-state index is 12.9. The number of benzene rings is 1. The minimum atomic E-state index is -4.73. The Morgan fingerprint density at radius 1 is 1.29 bits per heavy atom. The molecule has 1 saturated heterocycles. The van der Waals surface area contributed by atoms with E-state index >= 15 is 0 Å². The molecule has 2 heterocycles. The predicted molar refractivity (Wildman–Crippen MR) is 94.5 cm³/mol. The Balaban J connectivity index is 1.74. The summed E-state index contributed by atoms with van der Waals surface area (Å²) in [5.41, 5.74) is 0.978. The number of alkyl halides is 3. The molecule has 1 amide bonds. The Labute approximate surface area is 160 Å². The van der Waals surface area contributed by atoms with Crippen LogP contribution in [0.1, 0.15) is 41.4 Å². The molecule has 0 saturated carbocycles. The quantitative estimate of drug-likeness (QED) is 0.790. The fraction of sp³-hybridized carbons (Fsp3) is 0.350. The largest absolute Gasteiger partial charge is 0.573 e. The number of ether oxygens (including phenoxy) is 1. The molecule has 1 aliphatic heterocycles. The molecule has 8 heteroatoms. The summed E-state index contributed by atoms with van der Waals surface area (Å²) in [5.74, 6) is -0.496. The molecule has 146 valence electrons. The molecule has 1 atom stereocenters. The van der Waals surface area contributed by atoms with Crippen LogP contribution in [0.2, 0.25) is 0 Å². The van der Waals surface area contributed by atoms with Crippen LogP contribution in [-0.4, -0.2) is 34.2 Å². The summed E-state index contributed by atoms with van der Waals surface area (Å²) in [6, 6.07) is 10.7. The topological polar surface area (TPSA) is 66.2 Å². The number of halogens is 3. The van der Waals surface area contributed by atoms with E-state index < -0.39 is 11.9 Å². The van der Waals surface area contributed by atoms with Crippen LogP contribution in [0.4, 0.5) is 13.2 Å². The first kappa shape index (κ1) is 19.7. The molecule has 1 unspecified atom stereocenters. The van der Waals surface area contributed by atoms with Gasteiger partial charge in [-0.1, -0.05) is 12.1 Å². The van der Waals surface area contributed by atoms with E-state index in [1.54, 1.807) is 23.1 Å². The molecule has 0 spiro atoms. The van der Waals surface area contributed by atoms with E-state index in [0.717, 1.165) is 18.4 Å². The van der Waals surface area contributed by atoms with Crippen molar-refractivity contribution in [2.75, 3.05) is 6.54 Å². The molecule has 0 aliphatic carbocycles. The maximum Gasteiger partial charge on any atom is 0.573 e. The Morgan fingerprint density at radius 3 is 2.57 bits per heavy atom. The van der Waals surface area contributed by atoms with Crippen molar-refractivity contribution in [3.8, 4) is 11.8 Å². The first-order valence-corrected chi connectivity index (χ1v) is 8.73. The van der Waals surface area contributed by atoms with Gasteiger partial charge in [0.25, 0.3) is 5.91 Å². The summed E-state index contributed by atoms with van der Waals surface area (Å²) in [7, 11) is 0. The van der Waals surface area contributed by atoms with Gasteiger partial charge in [-0.2, -0.15) is 5.26 Å². The number of pyridine rings is 1. The number of aromatic nitrogens is 1. The SMILES string of the molecule is CC1(Cc2ccc(OC(F)(F)F)cc2)CCCN1C(=O)c1ccc(C#N)cn1. The molecule has 28 heavy (non-hydrogen) atoms. The third-order valence-electron chi connectivity index (χ3n) is 4.85. The van der Waals surface area contributed by atoms with Crippen molar-refractivity contribution in [1.82, 2.24) is 9.88 Å². The van der Waals surface area contributed by atoms with Crippen LogP contribution >= 0.6 is 0 Å². The molecule has 5 nitrogen and oxygen atoms in total. The zero-order valence-electron chi connectivity index (χ0n) is 15.2. The molecule has 2 aromatic rings. The van der Waals surface area contributed by atoms with Gasteiger partial charge in [-0.3, -0.25) is 4.79 Å². The number of rotatable bonds is 4. The van der Waals surface area contributed by atoms with Gasteiger partial charge in [0.2, 0.25) is 0 Å². The standard InChI is InChI=1S/C20H18F3N3O2/c1-19(11-14-3-6-16(7-4-14)28-20(21,22)23)9-2-10-26(19)18(27)17-8-5-15(12-24)13-25-17/h3-8,13H,2,9-11H2,1H3. The van der Waals surface area contributed by atoms with Crippen LogP contribution in [0.3, 0.4) is 0 Å². The summed E-state index contributed by atoms with van der Waals surface area (Å²) in [5, 5.41) is 8.85. The third-order valence-corrected chi connectivity index (χ3v) is 4.85. The summed E-state index contributed by atoms with van der Waals surface area (Å²) in [6.07, 6.45) is -1.26. The van der Waals surface area contributed by atoms with Crippen molar-refractivity contribution in [3.05, 3.63) is 59.4 Å². The number of hydrogen-bond acceptors (Lipinski definition) is 4. The van der Waals surface area contributed by atoms with Gasteiger partial charge >= 0.3 is 6.36 Å². The van der Waals surface area contributed by atoms with Gasteiger partial charge in [0.1, 0.15) is 17.5 Å². The maximum absolute atomic E-state index is 12.9. The fourth-order valence-corrected chi connectivity index (χ4v) is 3.53. The normalized spacial score (nSPS) is 19.3. The van der Waals surface area contributed by atoms with Crippen LogP contribution in [-0.2, 0) is 6.42 Å². The first-order valence-electron chi connectivity index (χ1n) is 8.73. The molecule has 1 aromatic heterocycles. The van der Waals surface area contributed by atoms with Crippen molar-refractivity contribution in [1.29, 1.82) is 5.26 Å². The Hall–Kier alpha value is -3.08. The molecule has 0 N–H and O–H groups in total. The average molecular weight is 389 g/mol. The summed E-state index contributed by atoms with van der Waals surface area (Å²) >= 11 is 0. The molecule has 3 rings (SSSR count). The lowest BCUT2D eigenvalue weighted by atomic mass is 9.90. The van der Waals surface area contributed by atoms with Gasteiger partial charge in [-0.25, -0.2) is 4.98 Å². The predicted octanol–water partition coefficient (Wildman–Crippen LogP) is 4.09. The first-order chi connectivity index (χ1) is 13.2. The van der Waals surface area contributed by atoms with Crippen molar-refractivity contribution >= 4 is 5.91 Å². The third kappa shape index (κ3) is 4.42. The van der Waals surface area contributed by atoms with Gasteiger partial charge in [-0.15, -0.1) is 13.2 Å². The lowest BCUT2D eigenvalue weighted by Gasteiger charge is -2.35. The van der Waals surface area contributed by atoms with E-state index in [-0.39, 0.29) is 17.4 Å². The van der Waals surface area contributed by atoms with Crippen molar-refractivity contribution in [2.45, 2.75) is 38.1 Å². The Kier molecular flexibility index (Phi) is 5.27. The average Bonchev–Trinajstić information content (AvgIpc) is 3.03. The van der Waals surface area contributed by atoms with Crippen molar-refractivity contribution in [3.63, 3.8) is 0 Å². The summed E-state index contributed by atoms with van der Waals surface area (Å²) in [4.78, 5) is 18.7. The van der Waals surface area contributed by atoms with Gasteiger partial charge in [-0.05, 0) is 56.0 Å². The number of hydrogen-bond donors (Lipinski definition) is 0. The van der Waals surface area contributed by atoms with E-state index in [1.807, 2.05) is 13.0 Å². The Morgan fingerprint density at radius 2 is 2.00 bits per heavy atom. The van der Waals surface area contributed by atoms with Crippen LogP contribution in [0, 0.1) is 11.3 Å². The van der Waals surface area contributed by atoms with Gasteiger partial charge in [0.15, 0.2) is 0 Å². The van der Waals surface area contributed by atoms with Crippen LogP contribution in [0.25, 0.3) is 0 Å². The van der Waals surface area contributed by atoms with E-state index in [1.165, 1.54) is 24.4 Å². The lowest BCUT2D eigenvalue weighted by Crippen LogP contribution is -2.46. The number of likely N-dealkylation sites (tertiary alicyclic amines) is 1. The smallest absolute Gasteiger partial charge is 0.406 e. The molecule has 1 aromatic carbocycles. The molecule has 0 radical (unpaired) electrons. The van der Waals surface area contributed by atoms with Crippen molar-refractivity contribution in [2.24, 2.45) is 0 Å². The lowest BCUT2D eigenvalue weighted by molar-refractivity contribution is -0.274. The van der Waals surface area contributed by atoms with Gasteiger partial charge < -0.3 is 9.64 Å². The van der Waals surface area contributed by atoms with Gasteiger partial charge in [0, 0.05) is 18.3 Å². The van der Waals surface area contributed by atoms with Crippen LogP contribution in [0.5, 0.6) is 5.75 Å². The molecule has 0 bridgehead atoms. The summed E-state index contributed by atoms with van der Waals surface area (Å²) in [6.45, 7) is 2.54. The van der Waals surface area contributed by atoms with E-state index in [9.17, 15) is 18.0 Å².